The topological polar surface area (TPSA) is 55.2 Å². The molecule has 1 N–H and O–H groups in total. The highest BCUT2D eigenvalue weighted by Crippen LogP contribution is 2.44. The SMILES string of the molecule is COc1cccc(N2C(=S)N[C@@H](c3ccccn3)[C@H]2c2cc(C)n(-c3cccnc3)c2C)c1. The Morgan fingerprint density at radius 3 is 2.55 bits per heavy atom. The highest BCUT2D eigenvalue weighted by Gasteiger charge is 2.42. The van der Waals surface area contributed by atoms with Gasteiger partial charge in [-0.2, -0.15) is 0 Å². The Morgan fingerprint density at radius 2 is 1.82 bits per heavy atom. The maximum atomic E-state index is 5.86. The summed E-state index contributed by atoms with van der Waals surface area (Å²) < 4.78 is 7.73. The largest absolute Gasteiger partial charge is 0.497 e. The van der Waals surface area contributed by atoms with Crippen LogP contribution in [0.25, 0.3) is 5.69 Å². The average molecular weight is 456 g/mol. The Kier molecular flexibility index (Phi) is 5.56. The van der Waals surface area contributed by atoms with Crippen LogP contribution in [0, 0.1) is 13.8 Å². The van der Waals surface area contributed by atoms with E-state index in [1.54, 1.807) is 13.3 Å². The first-order chi connectivity index (χ1) is 16.1. The number of aromatic nitrogens is 3. The molecule has 0 bridgehead atoms. The fourth-order valence-electron chi connectivity index (χ4n) is 4.68. The number of pyridine rings is 2. The molecule has 1 aliphatic heterocycles. The van der Waals surface area contributed by atoms with Crippen molar-refractivity contribution >= 4 is 23.0 Å². The summed E-state index contributed by atoms with van der Waals surface area (Å²) in [5.74, 6) is 0.788. The molecule has 1 aromatic carbocycles. The molecular weight excluding hydrogens is 430 g/mol. The maximum absolute atomic E-state index is 5.86. The molecule has 0 unspecified atom stereocenters. The van der Waals surface area contributed by atoms with Gasteiger partial charge in [-0.15, -0.1) is 0 Å². The van der Waals surface area contributed by atoms with E-state index < -0.39 is 0 Å². The standard InChI is InChI=1S/C26H25N5OS/c1-17-14-22(18(2)30(17)20-9-7-12-27-16-20)25-24(23-11-4-5-13-28-23)29-26(33)31(25)19-8-6-10-21(15-19)32-3/h4-16,24-25H,1-3H3,(H,29,33)/t24-,25+/m0/s1. The van der Waals surface area contributed by atoms with Gasteiger partial charge in [0.25, 0.3) is 0 Å². The molecule has 4 aromatic rings. The molecule has 1 aliphatic rings. The van der Waals surface area contributed by atoms with Gasteiger partial charge in [-0.05, 0) is 74.1 Å². The van der Waals surface area contributed by atoms with Crippen molar-refractivity contribution < 1.29 is 4.74 Å². The Hall–Kier alpha value is -3.71. The first-order valence-electron chi connectivity index (χ1n) is 10.8. The first-order valence-corrected chi connectivity index (χ1v) is 11.2. The number of thiocarbonyl (C=S) groups is 1. The second kappa shape index (κ2) is 8.67. The van der Waals surface area contributed by atoms with Gasteiger partial charge in [-0.3, -0.25) is 9.97 Å². The minimum atomic E-state index is -0.104. The van der Waals surface area contributed by atoms with Crippen LogP contribution in [0.2, 0.25) is 0 Å². The van der Waals surface area contributed by atoms with Crippen molar-refractivity contribution in [1.82, 2.24) is 19.9 Å². The number of methoxy groups -OCH3 is 1. The van der Waals surface area contributed by atoms with E-state index in [0.717, 1.165) is 34.2 Å². The summed E-state index contributed by atoms with van der Waals surface area (Å²) in [6.07, 6.45) is 5.50. The molecule has 0 saturated carbocycles. The number of anilines is 1. The Labute approximate surface area is 198 Å². The number of nitrogens with one attached hydrogen (secondary N) is 1. The molecule has 0 radical (unpaired) electrons. The van der Waals surface area contributed by atoms with Gasteiger partial charge in [0.15, 0.2) is 5.11 Å². The first kappa shape index (κ1) is 21.2. The highest BCUT2D eigenvalue weighted by atomic mass is 32.1. The van der Waals surface area contributed by atoms with E-state index in [1.807, 2.05) is 54.9 Å². The predicted molar refractivity (Wildman–Crippen MR) is 134 cm³/mol. The van der Waals surface area contributed by atoms with Crippen molar-refractivity contribution in [2.24, 2.45) is 0 Å². The predicted octanol–water partition coefficient (Wildman–Crippen LogP) is 5.07. The van der Waals surface area contributed by atoms with Gasteiger partial charge in [-0.25, -0.2) is 0 Å². The van der Waals surface area contributed by atoms with E-state index in [4.69, 9.17) is 17.0 Å². The Bertz CT molecular complexity index is 1290. The molecule has 2 atom stereocenters. The molecule has 0 aliphatic carbocycles. The lowest BCUT2D eigenvalue weighted by molar-refractivity contribution is 0.415. The van der Waals surface area contributed by atoms with Gasteiger partial charge in [0.2, 0.25) is 0 Å². The molecule has 1 fully saturated rings. The summed E-state index contributed by atoms with van der Waals surface area (Å²) in [5.41, 5.74) is 6.42. The summed E-state index contributed by atoms with van der Waals surface area (Å²) in [6.45, 7) is 4.27. The number of rotatable bonds is 5. The summed E-state index contributed by atoms with van der Waals surface area (Å²) in [5, 5.41) is 4.20. The number of nitrogens with zero attached hydrogens (tertiary/aromatic N) is 4. The van der Waals surface area contributed by atoms with E-state index in [2.05, 4.69) is 56.8 Å². The maximum Gasteiger partial charge on any atom is 0.174 e. The smallest absolute Gasteiger partial charge is 0.174 e. The third kappa shape index (κ3) is 3.74. The van der Waals surface area contributed by atoms with Gasteiger partial charge in [-0.1, -0.05) is 12.1 Å². The molecule has 5 rings (SSSR count). The Morgan fingerprint density at radius 1 is 0.970 bits per heavy atom. The number of benzene rings is 1. The van der Waals surface area contributed by atoms with Crippen molar-refractivity contribution in [3.8, 4) is 11.4 Å². The van der Waals surface area contributed by atoms with Gasteiger partial charge >= 0.3 is 0 Å². The third-order valence-electron chi connectivity index (χ3n) is 6.12. The van der Waals surface area contributed by atoms with Crippen LogP contribution in [-0.4, -0.2) is 26.8 Å². The summed E-state index contributed by atoms with van der Waals surface area (Å²) in [4.78, 5) is 11.2. The van der Waals surface area contributed by atoms with Crippen LogP contribution in [0.5, 0.6) is 5.75 Å². The quantitative estimate of drug-likeness (QED) is 0.424. The van der Waals surface area contributed by atoms with Crippen LogP contribution in [0.15, 0.2) is 79.3 Å². The zero-order valence-corrected chi connectivity index (χ0v) is 19.6. The van der Waals surface area contributed by atoms with Crippen molar-refractivity contribution in [3.05, 3.63) is 102 Å². The lowest BCUT2D eigenvalue weighted by atomic mass is 9.96. The summed E-state index contributed by atoms with van der Waals surface area (Å²) >= 11 is 5.86. The van der Waals surface area contributed by atoms with E-state index in [0.29, 0.717) is 5.11 Å². The van der Waals surface area contributed by atoms with E-state index in [9.17, 15) is 0 Å². The minimum absolute atomic E-state index is 0.0869. The molecule has 33 heavy (non-hydrogen) atoms. The van der Waals surface area contributed by atoms with Gasteiger partial charge < -0.3 is 19.5 Å². The lowest BCUT2D eigenvalue weighted by Crippen LogP contribution is -2.29. The Balaban J connectivity index is 1.68. The second-order valence-electron chi connectivity index (χ2n) is 8.07. The number of ether oxygens (including phenoxy) is 1. The van der Waals surface area contributed by atoms with Crippen molar-refractivity contribution in [3.63, 3.8) is 0 Å². The third-order valence-corrected chi connectivity index (χ3v) is 6.44. The van der Waals surface area contributed by atoms with Crippen molar-refractivity contribution in [2.75, 3.05) is 12.0 Å². The molecule has 1 saturated heterocycles. The monoisotopic (exact) mass is 455 g/mol. The molecule has 0 spiro atoms. The molecular formula is C26H25N5OS. The van der Waals surface area contributed by atoms with Crippen LogP contribution in [0.4, 0.5) is 5.69 Å². The summed E-state index contributed by atoms with van der Waals surface area (Å²) in [7, 11) is 1.68. The average Bonchev–Trinajstić information content (AvgIpc) is 3.35. The van der Waals surface area contributed by atoms with E-state index in [1.165, 1.54) is 5.56 Å². The second-order valence-corrected chi connectivity index (χ2v) is 8.46. The number of hydrogen-bond donors (Lipinski definition) is 1. The molecule has 4 heterocycles. The normalized spacial score (nSPS) is 17.8. The molecule has 6 nitrogen and oxygen atoms in total. The minimum Gasteiger partial charge on any atom is -0.497 e. The zero-order valence-electron chi connectivity index (χ0n) is 18.8. The number of aryl methyl sites for hydroxylation is 1. The molecule has 0 amide bonds. The van der Waals surface area contributed by atoms with Crippen molar-refractivity contribution in [1.29, 1.82) is 0 Å². The van der Waals surface area contributed by atoms with Crippen LogP contribution in [0.1, 0.15) is 34.7 Å². The summed E-state index contributed by atoms with van der Waals surface area (Å²) in [6, 6.07) is 20.1. The highest BCUT2D eigenvalue weighted by molar-refractivity contribution is 7.80. The van der Waals surface area contributed by atoms with Crippen molar-refractivity contribution in [2.45, 2.75) is 25.9 Å². The molecule has 7 heteroatoms. The van der Waals surface area contributed by atoms with Crippen LogP contribution < -0.4 is 15.0 Å². The van der Waals surface area contributed by atoms with Gasteiger partial charge in [0, 0.05) is 35.5 Å². The van der Waals surface area contributed by atoms with Gasteiger partial charge in [0.1, 0.15) is 5.75 Å². The van der Waals surface area contributed by atoms with E-state index >= 15 is 0 Å². The fraction of sp³-hybridized carbons (Fsp3) is 0.192. The van der Waals surface area contributed by atoms with Gasteiger partial charge in [0.05, 0.1) is 36.8 Å². The molecule has 166 valence electrons. The van der Waals surface area contributed by atoms with Crippen LogP contribution in [0.3, 0.4) is 0 Å². The number of hydrogen-bond acceptors (Lipinski definition) is 4. The lowest BCUT2D eigenvalue weighted by Gasteiger charge is -2.28. The fourth-order valence-corrected chi connectivity index (χ4v) is 5.03. The van der Waals surface area contributed by atoms with Crippen LogP contribution in [-0.2, 0) is 0 Å². The zero-order chi connectivity index (χ0) is 22.9. The van der Waals surface area contributed by atoms with E-state index in [-0.39, 0.29) is 12.1 Å². The molecule has 3 aromatic heterocycles. The van der Waals surface area contributed by atoms with Crippen LogP contribution >= 0.6 is 12.2 Å².